The molecule has 23 heavy (non-hydrogen) atoms. The number of carbonyl (C=O) groups is 1. The van der Waals surface area contributed by atoms with Crippen molar-refractivity contribution in [1.82, 2.24) is 15.0 Å². The van der Waals surface area contributed by atoms with E-state index in [0.29, 0.717) is 5.82 Å². The van der Waals surface area contributed by atoms with Crippen molar-refractivity contribution in [1.29, 1.82) is 0 Å². The van der Waals surface area contributed by atoms with Gasteiger partial charge in [0.25, 0.3) is 0 Å². The smallest absolute Gasteiger partial charge is 0.222 e. The fraction of sp³-hybridized carbons (Fsp3) is 0.412. The molecule has 2 aromatic heterocycles. The summed E-state index contributed by atoms with van der Waals surface area (Å²) in [6.07, 6.45) is 7.38. The Hall–Kier alpha value is -2.50. The summed E-state index contributed by atoms with van der Waals surface area (Å²) in [5.41, 5.74) is 7.28. The Labute approximate surface area is 135 Å². The Bertz CT molecular complexity index is 689. The molecule has 0 bridgehead atoms. The number of rotatable bonds is 4. The van der Waals surface area contributed by atoms with Crippen LogP contribution in [0.2, 0.25) is 0 Å². The summed E-state index contributed by atoms with van der Waals surface area (Å²) in [6, 6.07) is 5.72. The number of nitrogens with two attached hydrogens (primary N) is 1. The van der Waals surface area contributed by atoms with Gasteiger partial charge >= 0.3 is 0 Å². The van der Waals surface area contributed by atoms with Gasteiger partial charge < -0.3 is 11.1 Å². The SMILES string of the molecule is Cc1cc(NC2CCCCC2C(N)=O)nc(-c2cccnc2)n1. The summed E-state index contributed by atoms with van der Waals surface area (Å²) in [6.45, 7) is 1.93. The zero-order chi connectivity index (χ0) is 16.2. The van der Waals surface area contributed by atoms with Gasteiger partial charge in [0.2, 0.25) is 5.91 Å². The third kappa shape index (κ3) is 3.64. The van der Waals surface area contributed by atoms with Gasteiger partial charge in [-0.2, -0.15) is 0 Å². The molecule has 0 saturated heterocycles. The summed E-state index contributed by atoms with van der Waals surface area (Å²) in [7, 11) is 0. The third-order valence-corrected chi connectivity index (χ3v) is 4.24. The van der Waals surface area contributed by atoms with Gasteiger partial charge in [-0.3, -0.25) is 9.78 Å². The summed E-state index contributed by atoms with van der Waals surface area (Å²) in [4.78, 5) is 24.8. The van der Waals surface area contributed by atoms with Crippen molar-refractivity contribution in [3.63, 3.8) is 0 Å². The summed E-state index contributed by atoms with van der Waals surface area (Å²) in [5.74, 6) is 0.989. The van der Waals surface area contributed by atoms with Crippen molar-refractivity contribution in [2.75, 3.05) is 5.32 Å². The number of primary amides is 1. The van der Waals surface area contributed by atoms with E-state index >= 15 is 0 Å². The number of hydrogen-bond acceptors (Lipinski definition) is 5. The number of pyridine rings is 1. The van der Waals surface area contributed by atoms with E-state index in [0.717, 1.165) is 42.8 Å². The van der Waals surface area contributed by atoms with Gasteiger partial charge in [0.05, 0.1) is 5.92 Å². The Balaban J connectivity index is 1.85. The predicted octanol–water partition coefficient (Wildman–Crippen LogP) is 2.30. The second-order valence-electron chi connectivity index (χ2n) is 6.00. The first-order valence-electron chi connectivity index (χ1n) is 7.95. The minimum atomic E-state index is -0.236. The van der Waals surface area contributed by atoms with E-state index in [1.165, 1.54) is 0 Å². The number of anilines is 1. The molecule has 1 saturated carbocycles. The molecule has 6 heteroatoms. The average Bonchev–Trinajstić information content (AvgIpc) is 2.55. The molecule has 120 valence electrons. The second kappa shape index (κ2) is 6.73. The van der Waals surface area contributed by atoms with Gasteiger partial charge in [0.1, 0.15) is 5.82 Å². The highest BCUT2D eigenvalue weighted by Crippen LogP contribution is 2.27. The van der Waals surface area contributed by atoms with Gasteiger partial charge in [0, 0.05) is 35.8 Å². The molecule has 2 atom stereocenters. The molecule has 2 aromatic rings. The lowest BCUT2D eigenvalue weighted by atomic mass is 9.84. The molecule has 1 amide bonds. The van der Waals surface area contributed by atoms with Crippen molar-refractivity contribution in [3.8, 4) is 11.4 Å². The van der Waals surface area contributed by atoms with E-state index in [1.54, 1.807) is 12.4 Å². The van der Waals surface area contributed by atoms with E-state index in [1.807, 2.05) is 25.1 Å². The van der Waals surface area contributed by atoms with Gasteiger partial charge in [0.15, 0.2) is 5.82 Å². The van der Waals surface area contributed by atoms with Gasteiger partial charge in [-0.1, -0.05) is 12.8 Å². The van der Waals surface area contributed by atoms with Crippen LogP contribution in [-0.2, 0) is 4.79 Å². The normalized spacial score (nSPS) is 20.9. The fourth-order valence-corrected chi connectivity index (χ4v) is 3.10. The van der Waals surface area contributed by atoms with Gasteiger partial charge in [-0.25, -0.2) is 9.97 Å². The molecule has 0 radical (unpaired) electrons. The van der Waals surface area contributed by atoms with Crippen molar-refractivity contribution < 1.29 is 4.79 Å². The Morgan fingerprint density at radius 2 is 2.13 bits per heavy atom. The highest BCUT2D eigenvalue weighted by Gasteiger charge is 2.29. The van der Waals surface area contributed by atoms with Crippen molar-refractivity contribution in [3.05, 3.63) is 36.3 Å². The highest BCUT2D eigenvalue weighted by atomic mass is 16.1. The maximum absolute atomic E-state index is 11.7. The topological polar surface area (TPSA) is 93.8 Å². The van der Waals surface area contributed by atoms with Crippen LogP contribution in [0.25, 0.3) is 11.4 Å². The minimum Gasteiger partial charge on any atom is -0.369 e. The highest BCUT2D eigenvalue weighted by molar-refractivity contribution is 5.78. The molecule has 1 fully saturated rings. The van der Waals surface area contributed by atoms with Gasteiger partial charge in [-0.15, -0.1) is 0 Å². The van der Waals surface area contributed by atoms with Crippen LogP contribution < -0.4 is 11.1 Å². The molecule has 6 nitrogen and oxygen atoms in total. The van der Waals surface area contributed by atoms with Crippen LogP contribution >= 0.6 is 0 Å². The lowest BCUT2D eigenvalue weighted by Crippen LogP contribution is -2.40. The molecule has 2 heterocycles. The Morgan fingerprint density at radius 3 is 2.87 bits per heavy atom. The summed E-state index contributed by atoms with van der Waals surface area (Å²) in [5, 5.41) is 3.39. The average molecular weight is 311 g/mol. The molecule has 1 aliphatic rings. The number of aryl methyl sites for hydroxylation is 1. The molecule has 3 rings (SSSR count). The van der Waals surface area contributed by atoms with E-state index in [2.05, 4.69) is 20.3 Å². The zero-order valence-electron chi connectivity index (χ0n) is 13.2. The van der Waals surface area contributed by atoms with Crippen molar-refractivity contribution in [2.24, 2.45) is 11.7 Å². The van der Waals surface area contributed by atoms with Crippen LogP contribution in [0.5, 0.6) is 0 Å². The lowest BCUT2D eigenvalue weighted by Gasteiger charge is -2.30. The van der Waals surface area contributed by atoms with Crippen LogP contribution in [-0.4, -0.2) is 26.9 Å². The molecule has 0 aliphatic heterocycles. The van der Waals surface area contributed by atoms with E-state index in [-0.39, 0.29) is 17.9 Å². The van der Waals surface area contributed by atoms with Crippen molar-refractivity contribution >= 4 is 11.7 Å². The first-order valence-corrected chi connectivity index (χ1v) is 7.95. The van der Waals surface area contributed by atoms with Crippen LogP contribution in [0.15, 0.2) is 30.6 Å². The maximum atomic E-state index is 11.7. The van der Waals surface area contributed by atoms with E-state index < -0.39 is 0 Å². The first kappa shape index (κ1) is 15.4. The van der Waals surface area contributed by atoms with Gasteiger partial charge in [-0.05, 0) is 31.9 Å². The van der Waals surface area contributed by atoms with E-state index in [9.17, 15) is 4.79 Å². The standard InChI is InChI=1S/C17H21N5O/c1-11-9-15(21-14-7-3-2-6-13(14)16(18)23)22-17(20-11)12-5-4-8-19-10-12/h4-5,8-10,13-14H,2-3,6-7H2,1H3,(H2,18,23)(H,20,21,22). The number of hydrogen-bond donors (Lipinski definition) is 2. The molecule has 0 aromatic carbocycles. The van der Waals surface area contributed by atoms with Crippen LogP contribution in [0.4, 0.5) is 5.82 Å². The molecular formula is C17H21N5O. The Morgan fingerprint density at radius 1 is 1.30 bits per heavy atom. The zero-order valence-corrected chi connectivity index (χ0v) is 13.2. The summed E-state index contributed by atoms with van der Waals surface area (Å²) < 4.78 is 0. The van der Waals surface area contributed by atoms with Crippen LogP contribution in [0, 0.1) is 12.8 Å². The number of nitrogens with zero attached hydrogens (tertiary/aromatic N) is 3. The van der Waals surface area contributed by atoms with Crippen LogP contribution in [0.1, 0.15) is 31.4 Å². The summed E-state index contributed by atoms with van der Waals surface area (Å²) >= 11 is 0. The first-order chi connectivity index (χ1) is 11.1. The number of carbonyl (C=O) groups excluding carboxylic acids is 1. The maximum Gasteiger partial charge on any atom is 0.222 e. The molecule has 1 aliphatic carbocycles. The fourth-order valence-electron chi connectivity index (χ4n) is 3.10. The number of amides is 1. The third-order valence-electron chi connectivity index (χ3n) is 4.24. The van der Waals surface area contributed by atoms with Crippen LogP contribution in [0.3, 0.4) is 0 Å². The van der Waals surface area contributed by atoms with Crippen molar-refractivity contribution in [2.45, 2.75) is 38.6 Å². The van der Waals surface area contributed by atoms with E-state index in [4.69, 9.17) is 5.73 Å². The molecule has 3 N–H and O–H groups in total. The molecule has 2 unspecified atom stereocenters. The second-order valence-corrected chi connectivity index (χ2v) is 6.00. The molecular weight excluding hydrogens is 290 g/mol. The monoisotopic (exact) mass is 311 g/mol. The minimum absolute atomic E-state index is 0.0392. The Kier molecular flexibility index (Phi) is 4.50. The number of aromatic nitrogens is 3. The quantitative estimate of drug-likeness (QED) is 0.903. The lowest BCUT2D eigenvalue weighted by molar-refractivity contribution is -0.122. The number of nitrogens with one attached hydrogen (secondary N) is 1. The largest absolute Gasteiger partial charge is 0.369 e. The molecule has 0 spiro atoms. The predicted molar refractivity (Wildman–Crippen MR) is 88.6 cm³/mol.